The van der Waals surface area contributed by atoms with Crippen LogP contribution in [0.5, 0.6) is 0 Å². The first-order chi connectivity index (χ1) is 15.6. The average Bonchev–Trinajstić information content (AvgIpc) is 3.31. The van der Waals surface area contributed by atoms with Crippen LogP contribution in [-0.2, 0) is 0 Å². The molecule has 4 rings (SSSR count). The SMILES string of the molecule is C/C(=N\Nc1ccc(N=O)cc1N=O)c1cccc(/N=N/c2c(N)ccc3nn[nH]c23)c1. The predicted molar refractivity (Wildman–Crippen MR) is 122 cm³/mol. The van der Waals surface area contributed by atoms with Gasteiger partial charge in [0.25, 0.3) is 0 Å². The molecule has 12 heteroatoms. The number of hydrogen-bond donors (Lipinski definition) is 3. The molecule has 3 aromatic carbocycles. The Morgan fingerprint density at radius 1 is 1.00 bits per heavy atom. The third kappa shape index (κ3) is 4.18. The third-order valence-electron chi connectivity index (χ3n) is 4.57. The van der Waals surface area contributed by atoms with Crippen molar-refractivity contribution in [3.63, 3.8) is 0 Å². The summed E-state index contributed by atoms with van der Waals surface area (Å²) in [7, 11) is 0. The molecule has 0 aliphatic heterocycles. The zero-order valence-electron chi connectivity index (χ0n) is 16.7. The molecule has 32 heavy (non-hydrogen) atoms. The van der Waals surface area contributed by atoms with Gasteiger partial charge in [-0.3, -0.25) is 10.5 Å². The van der Waals surface area contributed by atoms with E-state index in [1.54, 1.807) is 31.2 Å². The topological polar surface area (TPSA) is 176 Å². The van der Waals surface area contributed by atoms with Gasteiger partial charge in [-0.1, -0.05) is 17.3 Å². The smallest absolute Gasteiger partial charge is 0.136 e. The van der Waals surface area contributed by atoms with E-state index < -0.39 is 0 Å². The van der Waals surface area contributed by atoms with Gasteiger partial charge in [0.05, 0.1) is 22.8 Å². The normalized spacial score (nSPS) is 11.7. The number of anilines is 2. The molecule has 0 saturated heterocycles. The monoisotopic (exact) mass is 428 g/mol. The number of azo groups is 1. The summed E-state index contributed by atoms with van der Waals surface area (Å²) < 4.78 is 0. The highest BCUT2D eigenvalue weighted by atomic mass is 16.3. The molecular weight excluding hydrogens is 412 g/mol. The fraction of sp³-hybridized carbons (Fsp3) is 0.0500. The molecule has 12 nitrogen and oxygen atoms in total. The molecule has 4 N–H and O–H groups in total. The van der Waals surface area contributed by atoms with Crippen LogP contribution in [-0.4, -0.2) is 21.1 Å². The van der Waals surface area contributed by atoms with Crippen molar-refractivity contribution in [3.8, 4) is 0 Å². The Labute approximate surface area is 180 Å². The lowest BCUT2D eigenvalue weighted by Gasteiger charge is -2.06. The minimum absolute atomic E-state index is 0.0289. The van der Waals surface area contributed by atoms with Crippen molar-refractivity contribution in [2.24, 2.45) is 25.7 Å². The Kier molecular flexibility index (Phi) is 5.66. The predicted octanol–water partition coefficient (Wildman–Crippen LogP) is 5.59. The number of aromatic nitrogens is 3. The quantitative estimate of drug-likeness (QED) is 0.114. The summed E-state index contributed by atoms with van der Waals surface area (Å²) in [4.78, 5) is 21.6. The van der Waals surface area contributed by atoms with E-state index in [2.05, 4.69) is 46.5 Å². The van der Waals surface area contributed by atoms with E-state index in [9.17, 15) is 9.81 Å². The van der Waals surface area contributed by atoms with Gasteiger partial charge in [0, 0.05) is 0 Å². The molecule has 0 amide bonds. The number of nitroso groups, excluding NO2 is 2. The Morgan fingerprint density at radius 3 is 2.69 bits per heavy atom. The summed E-state index contributed by atoms with van der Waals surface area (Å²) in [5.41, 5.74) is 13.4. The highest BCUT2D eigenvalue weighted by molar-refractivity contribution is 6.00. The number of nitrogens with two attached hydrogens (primary N) is 1. The van der Waals surface area contributed by atoms with Crippen LogP contribution in [0.4, 0.5) is 34.1 Å². The average molecular weight is 428 g/mol. The lowest BCUT2D eigenvalue weighted by molar-refractivity contribution is 0.959. The fourth-order valence-corrected chi connectivity index (χ4v) is 2.88. The fourth-order valence-electron chi connectivity index (χ4n) is 2.88. The van der Waals surface area contributed by atoms with E-state index in [1.165, 1.54) is 18.2 Å². The molecule has 0 aliphatic carbocycles. The Hall–Kier alpha value is -4.87. The number of hydrogen-bond acceptors (Lipinski definition) is 11. The van der Waals surface area contributed by atoms with Crippen LogP contribution in [0.1, 0.15) is 12.5 Å². The summed E-state index contributed by atoms with van der Waals surface area (Å²) >= 11 is 0. The Balaban J connectivity index is 1.57. The maximum absolute atomic E-state index is 11.0. The van der Waals surface area contributed by atoms with E-state index in [4.69, 9.17) is 5.73 Å². The lowest BCUT2D eigenvalue weighted by atomic mass is 10.1. The van der Waals surface area contributed by atoms with Crippen LogP contribution < -0.4 is 11.2 Å². The van der Waals surface area contributed by atoms with Crippen molar-refractivity contribution in [3.05, 3.63) is 70.0 Å². The van der Waals surface area contributed by atoms with Gasteiger partial charge < -0.3 is 5.73 Å². The zero-order chi connectivity index (χ0) is 22.5. The highest BCUT2D eigenvalue weighted by Gasteiger charge is 2.08. The van der Waals surface area contributed by atoms with Gasteiger partial charge in [-0.2, -0.15) is 10.2 Å². The van der Waals surface area contributed by atoms with Crippen molar-refractivity contribution in [1.82, 2.24) is 15.4 Å². The van der Waals surface area contributed by atoms with Crippen molar-refractivity contribution >= 4 is 50.9 Å². The van der Waals surface area contributed by atoms with Crippen LogP contribution >= 0.6 is 0 Å². The minimum Gasteiger partial charge on any atom is -0.397 e. The number of H-pyrrole nitrogens is 1. The van der Waals surface area contributed by atoms with E-state index in [0.29, 0.717) is 39.5 Å². The molecule has 0 atom stereocenters. The van der Waals surface area contributed by atoms with Gasteiger partial charge in [0.2, 0.25) is 0 Å². The number of nitrogens with zero attached hydrogens (tertiary/aromatic N) is 7. The number of hydrazone groups is 1. The Morgan fingerprint density at radius 2 is 1.88 bits per heavy atom. The van der Waals surface area contributed by atoms with E-state index in [0.717, 1.165) is 5.56 Å². The van der Waals surface area contributed by atoms with Gasteiger partial charge in [-0.15, -0.1) is 20.0 Å². The molecule has 158 valence electrons. The second-order valence-corrected chi connectivity index (χ2v) is 6.65. The van der Waals surface area contributed by atoms with Gasteiger partial charge >= 0.3 is 0 Å². The molecular formula is C20H16N10O2. The van der Waals surface area contributed by atoms with Crippen molar-refractivity contribution in [2.75, 3.05) is 11.2 Å². The summed E-state index contributed by atoms with van der Waals surface area (Å²) in [5.74, 6) is 0. The van der Waals surface area contributed by atoms with Crippen LogP contribution in [0.2, 0.25) is 0 Å². The first-order valence-electron chi connectivity index (χ1n) is 9.31. The molecule has 0 saturated carbocycles. The largest absolute Gasteiger partial charge is 0.397 e. The lowest BCUT2D eigenvalue weighted by Crippen LogP contribution is -1.99. The van der Waals surface area contributed by atoms with Crippen molar-refractivity contribution < 1.29 is 0 Å². The number of aromatic amines is 1. The van der Waals surface area contributed by atoms with Crippen molar-refractivity contribution in [1.29, 1.82) is 0 Å². The molecule has 0 aliphatic rings. The number of fused-ring (bicyclic) bond motifs is 1. The highest BCUT2D eigenvalue weighted by Crippen LogP contribution is 2.32. The van der Waals surface area contributed by atoms with Crippen LogP contribution in [0.15, 0.2) is 80.3 Å². The van der Waals surface area contributed by atoms with Gasteiger partial charge in [0.1, 0.15) is 28.1 Å². The zero-order valence-corrected chi connectivity index (χ0v) is 16.7. The summed E-state index contributed by atoms with van der Waals surface area (Å²) in [6.07, 6.45) is 0. The van der Waals surface area contributed by atoms with Gasteiger partial charge in [-0.05, 0) is 65.3 Å². The number of rotatable bonds is 7. The molecule has 1 heterocycles. The maximum Gasteiger partial charge on any atom is 0.136 e. The van der Waals surface area contributed by atoms with Crippen LogP contribution in [0.3, 0.4) is 0 Å². The molecule has 4 aromatic rings. The maximum atomic E-state index is 11.0. The van der Waals surface area contributed by atoms with Gasteiger partial charge in [0.15, 0.2) is 0 Å². The summed E-state index contributed by atoms with van der Waals surface area (Å²) in [5, 5.41) is 29.0. The molecule has 0 unspecified atom stereocenters. The Bertz CT molecular complexity index is 1380. The standard InChI is InChI=1S/C20H16N10O2/c1-11(22-24-16-7-5-14(28-31)10-18(16)29-32)12-3-2-4-13(9-12)23-26-19-15(21)6-8-17-20(19)27-30-25-17/h2-10,24H,21H2,1H3,(H,25,27,30)/b22-11+,26-23+. The van der Waals surface area contributed by atoms with Crippen molar-refractivity contribution in [2.45, 2.75) is 6.92 Å². The van der Waals surface area contributed by atoms with E-state index in [-0.39, 0.29) is 11.4 Å². The van der Waals surface area contributed by atoms with Gasteiger partial charge in [-0.25, -0.2) is 0 Å². The number of nitrogens with one attached hydrogen (secondary N) is 2. The minimum atomic E-state index is 0.0289. The molecule has 0 bridgehead atoms. The molecule has 0 fully saturated rings. The molecule has 1 aromatic heterocycles. The second-order valence-electron chi connectivity index (χ2n) is 6.65. The molecule has 0 spiro atoms. The number of benzene rings is 3. The van der Waals surface area contributed by atoms with E-state index in [1.807, 2.05) is 12.1 Å². The van der Waals surface area contributed by atoms with Crippen LogP contribution in [0.25, 0.3) is 11.0 Å². The van der Waals surface area contributed by atoms with E-state index >= 15 is 0 Å². The molecule has 0 radical (unpaired) electrons. The third-order valence-corrected chi connectivity index (χ3v) is 4.57. The summed E-state index contributed by atoms with van der Waals surface area (Å²) in [6.45, 7) is 1.79. The first-order valence-corrected chi connectivity index (χ1v) is 9.31. The number of nitrogen functional groups attached to an aromatic ring is 1. The summed E-state index contributed by atoms with van der Waals surface area (Å²) in [6, 6.07) is 14.9. The van der Waals surface area contributed by atoms with Crippen LogP contribution in [0, 0.1) is 9.81 Å². The first kappa shape index (κ1) is 20.4. The second kappa shape index (κ2) is 8.87.